The van der Waals surface area contributed by atoms with Gasteiger partial charge in [-0.2, -0.15) is 13.2 Å². The van der Waals surface area contributed by atoms with Crippen molar-refractivity contribution in [3.8, 4) is 17.1 Å². The minimum atomic E-state index is -4.57. The quantitative estimate of drug-likeness (QED) is 0.436. The van der Waals surface area contributed by atoms with Crippen LogP contribution in [-0.4, -0.2) is 59.2 Å². The number of morpholine rings is 1. The maximum atomic E-state index is 12.7. The highest BCUT2D eigenvalue weighted by Crippen LogP contribution is 2.33. The van der Waals surface area contributed by atoms with Gasteiger partial charge in [0.05, 0.1) is 30.9 Å². The van der Waals surface area contributed by atoms with Crippen LogP contribution in [0.5, 0.6) is 5.75 Å². The fourth-order valence-corrected chi connectivity index (χ4v) is 2.84. The Labute approximate surface area is 158 Å². The van der Waals surface area contributed by atoms with Crippen molar-refractivity contribution >= 4 is 5.69 Å². The number of nitro benzene ring substituents is 1. The van der Waals surface area contributed by atoms with Crippen LogP contribution in [-0.2, 0) is 10.9 Å². The summed E-state index contributed by atoms with van der Waals surface area (Å²) in [4.78, 5) is 18.7. The Morgan fingerprint density at radius 2 is 2.07 bits per heavy atom. The van der Waals surface area contributed by atoms with Gasteiger partial charge in [-0.15, -0.1) is 0 Å². The molecule has 1 aliphatic heterocycles. The summed E-state index contributed by atoms with van der Waals surface area (Å²) < 4.78 is 48.9. The van der Waals surface area contributed by atoms with Gasteiger partial charge in [0, 0.05) is 31.3 Å². The Balaban J connectivity index is 1.65. The van der Waals surface area contributed by atoms with Crippen molar-refractivity contribution in [2.45, 2.75) is 12.6 Å². The Hall–Kier alpha value is -2.66. The first-order valence-corrected chi connectivity index (χ1v) is 8.68. The zero-order valence-electron chi connectivity index (χ0n) is 14.9. The van der Waals surface area contributed by atoms with Crippen molar-refractivity contribution in [1.82, 2.24) is 14.9 Å². The summed E-state index contributed by atoms with van der Waals surface area (Å²) in [6.07, 6.45) is -3.23. The normalized spacial score (nSPS) is 15.5. The molecule has 0 amide bonds. The van der Waals surface area contributed by atoms with Gasteiger partial charge in [-0.1, -0.05) is 0 Å². The number of hydrogen-bond donors (Lipinski definition) is 1. The van der Waals surface area contributed by atoms with Crippen molar-refractivity contribution in [1.29, 1.82) is 0 Å². The van der Waals surface area contributed by atoms with E-state index in [9.17, 15) is 23.3 Å². The van der Waals surface area contributed by atoms with Crippen LogP contribution in [0, 0.1) is 10.1 Å². The number of hydrogen-bond acceptors (Lipinski definition) is 6. The lowest BCUT2D eigenvalue weighted by Gasteiger charge is -2.26. The number of nitro groups is 1. The molecule has 1 aromatic heterocycles. The molecule has 2 heterocycles. The van der Waals surface area contributed by atoms with E-state index in [0.29, 0.717) is 25.8 Å². The molecule has 3 rings (SSSR count). The van der Waals surface area contributed by atoms with Crippen molar-refractivity contribution in [2.24, 2.45) is 0 Å². The van der Waals surface area contributed by atoms with E-state index >= 15 is 0 Å². The van der Waals surface area contributed by atoms with Crippen LogP contribution in [0.1, 0.15) is 12.1 Å². The number of benzene rings is 1. The molecule has 1 N–H and O–H groups in total. The van der Waals surface area contributed by atoms with E-state index in [0.717, 1.165) is 25.7 Å². The SMILES string of the molecule is O=[N+]([O-])c1cc(-c2ncc(C(F)(F)F)[nH]2)ccc1OCCCN1CCOCC1. The van der Waals surface area contributed by atoms with Crippen LogP contribution in [0.25, 0.3) is 11.4 Å². The molecule has 8 nitrogen and oxygen atoms in total. The first-order valence-electron chi connectivity index (χ1n) is 8.68. The molecule has 0 atom stereocenters. The fourth-order valence-electron chi connectivity index (χ4n) is 2.84. The number of nitrogens with zero attached hydrogens (tertiary/aromatic N) is 3. The molecular weight excluding hydrogens is 381 g/mol. The second kappa shape index (κ2) is 8.57. The molecule has 0 spiro atoms. The van der Waals surface area contributed by atoms with Crippen molar-refractivity contribution in [3.05, 3.63) is 40.2 Å². The lowest BCUT2D eigenvalue weighted by Crippen LogP contribution is -2.37. The third-order valence-corrected chi connectivity index (χ3v) is 4.29. The molecule has 2 aromatic rings. The third kappa shape index (κ3) is 4.98. The van der Waals surface area contributed by atoms with Gasteiger partial charge in [0.25, 0.3) is 0 Å². The van der Waals surface area contributed by atoms with Crippen molar-refractivity contribution in [3.63, 3.8) is 0 Å². The Kier molecular flexibility index (Phi) is 6.15. The molecule has 1 saturated heterocycles. The first-order chi connectivity index (χ1) is 13.3. The first kappa shape index (κ1) is 20.1. The topological polar surface area (TPSA) is 93.5 Å². The zero-order valence-corrected chi connectivity index (χ0v) is 14.9. The number of alkyl halides is 3. The zero-order chi connectivity index (χ0) is 20.1. The summed E-state index contributed by atoms with van der Waals surface area (Å²) in [5.74, 6) is -0.0346. The highest BCUT2D eigenvalue weighted by molar-refractivity contribution is 5.63. The van der Waals surface area contributed by atoms with Crippen LogP contribution in [0.4, 0.5) is 18.9 Å². The number of rotatable bonds is 7. The number of imidazole rings is 1. The largest absolute Gasteiger partial charge is 0.487 e. The molecule has 1 aromatic carbocycles. The average molecular weight is 400 g/mol. The monoisotopic (exact) mass is 400 g/mol. The molecular formula is C17H19F3N4O4. The van der Waals surface area contributed by atoms with Gasteiger partial charge in [-0.25, -0.2) is 4.98 Å². The van der Waals surface area contributed by atoms with E-state index in [1.165, 1.54) is 12.1 Å². The minimum Gasteiger partial charge on any atom is -0.487 e. The predicted octanol–water partition coefficient (Wildman–Crippen LogP) is 3.10. The predicted molar refractivity (Wildman–Crippen MR) is 93.1 cm³/mol. The van der Waals surface area contributed by atoms with Crippen LogP contribution in [0.15, 0.2) is 24.4 Å². The highest BCUT2D eigenvalue weighted by atomic mass is 19.4. The standard InChI is InChI=1S/C17H19F3N4O4/c18-17(19,20)15-11-21-16(22-15)12-2-3-14(13(10-12)24(25)26)28-7-1-4-23-5-8-27-9-6-23/h2-3,10-11H,1,4-9H2,(H,21,22). The second-order valence-electron chi connectivity index (χ2n) is 6.24. The molecule has 0 radical (unpaired) electrons. The molecule has 0 unspecified atom stereocenters. The van der Waals surface area contributed by atoms with Gasteiger partial charge in [-0.3, -0.25) is 15.0 Å². The van der Waals surface area contributed by atoms with E-state index < -0.39 is 16.8 Å². The van der Waals surface area contributed by atoms with E-state index in [1.54, 1.807) is 0 Å². The smallest absolute Gasteiger partial charge is 0.432 e. The van der Waals surface area contributed by atoms with Crippen molar-refractivity contribution in [2.75, 3.05) is 39.5 Å². The maximum absolute atomic E-state index is 12.7. The highest BCUT2D eigenvalue weighted by Gasteiger charge is 2.33. The van der Waals surface area contributed by atoms with E-state index in [2.05, 4.69) is 14.9 Å². The third-order valence-electron chi connectivity index (χ3n) is 4.29. The molecule has 0 bridgehead atoms. The van der Waals surface area contributed by atoms with Crippen LogP contribution in [0.2, 0.25) is 0 Å². The summed E-state index contributed by atoms with van der Waals surface area (Å²) >= 11 is 0. The molecule has 28 heavy (non-hydrogen) atoms. The van der Waals surface area contributed by atoms with E-state index in [4.69, 9.17) is 9.47 Å². The number of ether oxygens (including phenoxy) is 2. The minimum absolute atomic E-state index is 0.0679. The number of aromatic nitrogens is 2. The summed E-state index contributed by atoms with van der Waals surface area (Å²) in [5, 5.41) is 11.3. The Morgan fingerprint density at radius 1 is 1.32 bits per heavy atom. The number of nitrogens with one attached hydrogen (secondary N) is 1. The molecule has 152 valence electrons. The summed E-state index contributed by atoms with van der Waals surface area (Å²) in [6.45, 7) is 4.15. The van der Waals surface area contributed by atoms with Gasteiger partial charge in [0.2, 0.25) is 0 Å². The Morgan fingerprint density at radius 3 is 2.71 bits per heavy atom. The molecule has 1 aliphatic rings. The molecule has 0 aliphatic carbocycles. The number of halogens is 3. The van der Waals surface area contributed by atoms with Gasteiger partial charge in [0.1, 0.15) is 11.5 Å². The van der Waals surface area contributed by atoms with Gasteiger partial charge < -0.3 is 14.5 Å². The lowest BCUT2D eigenvalue weighted by molar-refractivity contribution is -0.385. The van der Waals surface area contributed by atoms with Gasteiger partial charge in [-0.05, 0) is 18.6 Å². The molecule has 11 heteroatoms. The van der Waals surface area contributed by atoms with E-state index in [-0.39, 0.29) is 29.4 Å². The maximum Gasteiger partial charge on any atom is 0.432 e. The lowest BCUT2D eigenvalue weighted by atomic mass is 10.2. The molecule has 0 saturated carbocycles. The van der Waals surface area contributed by atoms with Crippen molar-refractivity contribution < 1.29 is 27.6 Å². The average Bonchev–Trinajstić information content (AvgIpc) is 3.17. The van der Waals surface area contributed by atoms with Crippen LogP contribution < -0.4 is 4.74 Å². The summed E-state index contributed by atoms with van der Waals surface area (Å²) in [5.41, 5.74) is -1.18. The van der Waals surface area contributed by atoms with Crippen LogP contribution >= 0.6 is 0 Å². The molecule has 1 fully saturated rings. The Bertz CT molecular complexity index is 819. The van der Waals surface area contributed by atoms with Gasteiger partial charge >= 0.3 is 11.9 Å². The fraction of sp³-hybridized carbons (Fsp3) is 0.471. The summed E-state index contributed by atoms with van der Waals surface area (Å²) in [7, 11) is 0. The summed E-state index contributed by atoms with van der Waals surface area (Å²) in [6, 6.07) is 3.96. The number of H-pyrrole nitrogens is 1. The number of aromatic amines is 1. The van der Waals surface area contributed by atoms with Gasteiger partial charge in [0.15, 0.2) is 5.75 Å². The van der Waals surface area contributed by atoms with Crippen LogP contribution in [0.3, 0.4) is 0 Å². The van der Waals surface area contributed by atoms with E-state index in [1.807, 2.05) is 0 Å². The second-order valence-corrected chi connectivity index (χ2v) is 6.24.